The van der Waals surface area contributed by atoms with Crippen molar-refractivity contribution in [1.29, 1.82) is 0 Å². The molecule has 0 aliphatic rings. The van der Waals surface area contributed by atoms with Crippen LogP contribution in [-0.4, -0.2) is 12.2 Å². The van der Waals surface area contributed by atoms with Crippen LogP contribution in [0.15, 0.2) is 18.2 Å². The zero-order chi connectivity index (χ0) is 10.6. The fourth-order valence-corrected chi connectivity index (χ4v) is 0.973. The summed E-state index contributed by atoms with van der Waals surface area (Å²) in [6.07, 6.45) is -0.705. The molecule has 76 valence electrons. The van der Waals surface area contributed by atoms with Gasteiger partial charge in [-0.25, -0.2) is 9.18 Å². The third-order valence-corrected chi connectivity index (χ3v) is 1.71. The van der Waals surface area contributed by atoms with Gasteiger partial charge >= 0.3 is 6.09 Å². The van der Waals surface area contributed by atoms with Crippen molar-refractivity contribution in [3.8, 4) is 0 Å². The van der Waals surface area contributed by atoms with Crippen LogP contribution in [0.2, 0.25) is 0 Å². The fraction of sp³-hybridized carbons (Fsp3) is 0.222. The highest BCUT2D eigenvalue weighted by atomic mass is 35.5. The summed E-state index contributed by atoms with van der Waals surface area (Å²) in [5, 5.41) is 2.33. The molecule has 0 aliphatic carbocycles. The number of anilines is 1. The van der Waals surface area contributed by atoms with Crippen LogP contribution in [0.5, 0.6) is 0 Å². The minimum absolute atomic E-state index is 0.236. The molecule has 3 nitrogen and oxygen atoms in total. The first-order valence-corrected chi connectivity index (χ1v) is 4.43. The van der Waals surface area contributed by atoms with Crippen molar-refractivity contribution in [3.63, 3.8) is 0 Å². The van der Waals surface area contributed by atoms with E-state index in [0.717, 1.165) is 0 Å². The number of alkyl halides is 1. The topological polar surface area (TPSA) is 38.3 Å². The summed E-state index contributed by atoms with van der Waals surface area (Å²) in [5.74, 6) is -0.381. The summed E-state index contributed by atoms with van der Waals surface area (Å²) >= 11 is 5.16. The molecule has 0 unspecified atom stereocenters. The molecule has 1 amide bonds. The molecule has 0 heterocycles. The molecule has 0 radical (unpaired) electrons. The Morgan fingerprint density at radius 3 is 2.93 bits per heavy atom. The lowest BCUT2D eigenvalue weighted by Gasteiger charge is -2.05. The summed E-state index contributed by atoms with van der Waals surface area (Å²) in [7, 11) is 0. The van der Waals surface area contributed by atoms with E-state index in [4.69, 9.17) is 11.6 Å². The van der Waals surface area contributed by atoms with Gasteiger partial charge in [0.1, 0.15) is 5.82 Å². The van der Waals surface area contributed by atoms with Gasteiger partial charge in [-0.2, -0.15) is 0 Å². The Hall–Kier alpha value is -1.29. The van der Waals surface area contributed by atoms with E-state index < -0.39 is 6.09 Å². The first kappa shape index (κ1) is 10.8. The number of carbonyl (C=O) groups is 1. The van der Waals surface area contributed by atoms with Crippen LogP contribution in [0.1, 0.15) is 5.56 Å². The van der Waals surface area contributed by atoms with Crippen LogP contribution in [0.3, 0.4) is 0 Å². The second kappa shape index (κ2) is 4.81. The second-order valence-corrected chi connectivity index (χ2v) is 2.85. The van der Waals surface area contributed by atoms with Gasteiger partial charge in [-0.1, -0.05) is 17.7 Å². The zero-order valence-electron chi connectivity index (χ0n) is 7.51. The minimum Gasteiger partial charge on any atom is -0.433 e. The van der Waals surface area contributed by atoms with Gasteiger partial charge in [-0.05, 0) is 24.6 Å². The maximum atomic E-state index is 13.0. The molecule has 0 saturated carbocycles. The monoisotopic (exact) mass is 217 g/mol. The number of benzene rings is 1. The number of amides is 1. The Labute approximate surface area is 85.8 Å². The molecule has 0 spiro atoms. The van der Waals surface area contributed by atoms with Crippen molar-refractivity contribution in [2.75, 3.05) is 11.4 Å². The summed E-state index contributed by atoms with van der Waals surface area (Å²) in [6.45, 7) is 1.64. The maximum absolute atomic E-state index is 13.0. The molecule has 0 bridgehead atoms. The van der Waals surface area contributed by atoms with Gasteiger partial charge in [0.15, 0.2) is 6.07 Å². The first-order chi connectivity index (χ1) is 6.63. The molecule has 1 aromatic rings. The standard InChI is InChI=1S/C9H9ClFNO2/c1-6-2-3-7(4-8(6)11)12-9(13)14-5-10/h2-4H,5H2,1H3,(H,12,13). The smallest absolute Gasteiger partial charge is 0.412 e. The molecule has 0 atom stereocenters. The number of carbonyl (C=O) groups excluding carboxylic acids is 1. The Kier molecular flexibility index (Phi) is 3.71. The largest absolute Gasteiger partial charge is 0.433 e. The van der Waals surface area contributed by atoms with E-state index in [0.29, 0.717) is 11.3 Å². The molecule has 0 aliphatic heterocycles. The van der Waals surface area contributed by atoms with E-state index in [9.17, 15) is 9.18 Å². The normalized spacial score (nSPS) is 9.64. The molecule has 1 aromatic carbocycles. The predicted molar refractivity (Wildman–Crippen MR) is 52.0 cm³/mol. The Bertz CT molecular complexity index is 344. The van der Waals surface area contributed by atoms with Gasteiger partial charge in [0.05, 0.1) is 0 Å². The third-order valence-electron chi connectivity index (χ3n) is 1.60. The lowest BCUT2D eigenvalue weighted by molar-refractivity contribution is 0.180. The van der Waals surface area contributed by atoms with Crippen LogP contribution >= 0.6 is 11.6 Å². The van der Waals surface area contributed by atoms with E-state index in [1.165, 1.54) is 6.07 Å². The van der Waals surface area contributed by atoms with E-state index in [1.54, 1.807) is 19.1 Å². The SMILES string of the molecule is Cc1ccc(NC(=O)OCCl)cc1F. The van der Waals surface area contributed by atoms with Gasteiger partial charge in [0, 0.05) is 5.69 Å². The van der Waals surface area contributed by atoms with Crippen LogP contribution in [0.4, 0.5) is 14.9 Å². The second-order valence-electron chi connectivity index (χ2n) is 2.63. The number of hydrogen-bond donors (Lipinski definition) is 1. The summed E-state index contributed by atoms with van der Waals surface area (Å²) in [4.78, 5) is 10.9. The molecule has 0 saturated heterocycles. The van der Waals surface area contributed by atoms with Gasteiger partial charge in [0.2, 0.25) is 0 Å². The molecule has 14 heavy (non-hydrogen) atoms. The fourth-order valence-electron chi connectivity index (χ4n) is 0.874. The molecular formula is C9H9ClFNO2. The number of aryl methyl sites for hydroxylation is 1. The molecular weight excluding hydrogens is 209 g/mol. The molecule has 0 aromatic heterocycles. The lowest BCUT2D eigenvalue weighted by Crippen LogP contribution is -2.12. The Morgan fingerprint density at radius 2 is 2.36 bits per heavy atom. The summed E-state index contributed by atoms with van der Waals surface area (Å²) in [5.41, 5.74) is 0.851. The van der Waals surface area contributed by atoms with Gasteiger partial charge in [-0.15, -0.1) is 0 Å². The van der Waals surface area contributed by atoms with Crippen molar-refractivity contribution in [2.45, 2.75) is 6.92 Å². The molecule has 1 N–H and O–H groups in total. The summed E-state index contributed by atoms with van der Waals surface area (Å²) in [6, 6.07) is 4.12. The maximum Gasteiger partial charge on any atom is 0.412 e. The average Bonchev–Trinajstić information content (AvgIpc) is 2.12. The van der Waals surface area contributed by atoms with Crippen LogP contribution in [0.25, 0.3) is 0 Å². The average molecular weight is 218 g/mol. The highest BCUT2D eigenvalue weighted by molar-refractivity contribution is 6.17. The number of rotatable bonds is 2. The van der Waals surface area contributed by atoms with Crippen molar-refractivity contribution >= 4 is 23.4 Å². The van der Waals surface area contributed by atoms with Crippen molar-refractivity contribution in [2.24, 2.45) is 0 Å². The number of hydrogen-bond acceptors (Lipinski definition) is 2. The van der Waals surface area contributed by atoms with Gasteiger partial charge < -0.3 is 4.74 Å². The molecule has 1 rings (SSSR count). The van der Waals surface area contributed by atoms with E-state index in [1.807, 2.05) is 0 Å². The number of ether oxygens (including phenoxy) is 1. The van der Waals surface area contributed by atoms with Gasteiger partial charge in [0.25, 0.3) is 0 Å². The van der Waals surface area contributed by atoms with Crippen molar-refractivity contribution in [3.05, 3.63) is 29.6 Å². The van der Waals surface area contributed by atoms with Crippen LogP contribution < -0.4 is 5.32 Å². The van der Waals surface area contributed by atoms with E-state index in [2.05, 4.69) is 10.1 Å². The first-order valence-electron chi connectivity index (χ1n) is 3.89. The number of halogens is 2. The molecule has 5 heteroatoms. The third kappa shape index (κ3) is 2.88. The van der Waals surface area contributed by atoms with Crippen LogP contribution in [-0.2, 0) is 4.74 Å². The molecule has 0 fully saturated rings. The summed E-state index contributed by atoms with van der Waals surface area (Å²) < 4.78 is 17.4. The minimum atomic E-state index is -0.705. The lowest BCUT2D eigenvalue weighted by atomic mass is 10.2. The number of nitrogens with one attached hydrogen (secondary N) is 1. The van der Waals surface area contributed by atoms with Crippen molar-refractivity contribution < 1.29 is 13.9 Å². The van der Waals surface area contributed by atoms with Crippen LogP contribution in [0, 0.1) is 12.7 Å². The highest BCUT2D eigenvalue weighted by Crippen LogP contribution is 2.13. The van der Waals surface area contributed by atoms with E-state index >= 15 is 0 Å². The Balaban J connectivity index is 2.68. The zero-order valence-corrected chi connectivity index (χ0v) is 8.27. The Morgan fingerprint density at radius 1 is 1.64 bits per heavy atom. The van der Waals surface area contributed by atoms with E-state index in [-0.39, 0.29) is 11.9 Å². The quantitative estimate of drug-likeness (QED) is 0.774. The predicted octanol–water partition coefficient (Wildman–Crippen LogP) is 2.88. The van der Waals surface area contributed by atoms with Crippen molar-refractivity contribution in [1.82, 2.24) is 0 Å². The highest BCUT2D eigenvalue weighted by Gasteiger charge is 2.04. The van der Waals surface area contributed by atoms with Gasteiger partial charge in [-0.3, -0.25) is 5.32 Å².